The predicted octanol–water partition coefficient (Wildman–Crippen LogP) is 5.85. The zero-order chi connectivity index (χ0) is 21.0. The third kappa shape index (κ3) is 5.13. The number of carbonyl (C=O) groups is 1. The Morgan fingerprint density at radius 2 is 1.90 bits per heavy atom. The Morgan fingerprint density at radius 1 is 1.17 bits per heavy atom. The summed E-state index contributed by atoms with van der Waals surface area (Å²) < 4.78 is 49.1. The van der Waals surface area contributed by atoms with Gasteiger partial charge in [0, 0.05) is 5.56 Å². The number of halogens is 3. The van der Waals surface area contributed by atoms with Crippen molar-refractivity contribution in [3.05, 3.63) is 77.2 Å². The summed E-state index contributed by atoms with van der Waals surface area (Å²) in [6.45, 7) is 3.88. The molecule has 0 saturated carbocycles. The second-order valence-corrected chi connectivity index (χ2v) is 6.53. The number of allylic oxidation sites excluding steroid dienone is 2. The normalized spacial score (nSPS) is 12.1. The summed E-state index contributed by atoms with van der Waals surface area (Å²) in [5.41, 5.74) is 2.88. The van der Waals surface area contributed by atoms with Gasteiger partial charge >= 0.3 is 6.18 Å². The van der Waals surface area contributed by atoms with Crippen molar-refractivity contribution in [1.82, 2.24) is 4.98 Å². The molecule has 1 heterocycles. The summed E-state index contributed by atoms with van der Waals surface area (Å²) in [5, 5.41) is 0. The molecule has 3 aromatic rings. The van der Waals surface area contributed by atoms with E-state index < -0.39 is 11.7 Å². The van der Waals surface area contributed by atoms with Crippen LogP contribution in [-0.2, 0) is 17.6 Å². The highest BCUT2D eigenvalue weighted by Crippen LogP contribution is 2.31. The largest absolute Gasteiger partial charge is 0.487 e. The lowest BCUT2D eigenvalue weighted by molar-refractivity contribution is -0.137. The van der Waals surface area contributed by atoms with Crippen LogP contribution in [0.4, 0.5) is 13.2 Å². The molecular formula is C22H18F3NO3. The number of rotatable bonds is 6. The van der Waals surface area contributed by atoms with Crippen LogP contribution in [0.3, 0.4) is 0 Å². The van der Waals surface area contributed by atoms with Crippen LogP contribution in [0, 0.1) is 6.92 Å². The lowest BCUT2D eigenvalue weighted by Gasteiger charge is -2.09. The van der Waals surface area contributed by atoms with Crippen LogP contribution >= 0.6 is 0 Å². The van der Waals surface area contributed by atoms with Crippen molar-refractivity contribution in [3.8, 4) is 17.2 Å². The smallest absolute Gasteiger partial charge is 0.416 e. The number of ether oxygens (including phenoxy) is 1. The molecule has 0 aliphatic rings. The first-order valence-electron chi connectivity index (χ1n) is 8.75. The molecule has 0 N–H and O–H groups in total. The predicted molar refractivity (Wildman–Crippen MR) is 102 cm³/mol. The van der Waals surface area contributed by atoms with E-state index in [2.05, 4.69) is 4.98 Å². The number of hydrogen-bond acceptors (Lipinski definition) is 4. The van der Waals surface area contributed by atoms with Gasteiger partial charge in [0.25, 0.3) is 0 Å². The fraction of sp³-hybridized carbons (Fsp3) is 0.182. The highest BCUT2D eigenvalue weighted by molar-refractivity contribution is 5.81. The van der Waals surface area contributed by atoms with Crippen LogP contribution in [0.2, 0.25) is 0 Å². The first-order chi connectivity index (χ1) is 13.8. The van der Waals surface area contributed by atoms with E-state index in [0.29, 0.717) is 17.0 Å². The van der Waals surface area contributed by atoms with Crippen molar-refractivity contribution < 1.29 is 27.1 Å². The number of alkyl halides is 3. The van der Waals surface area contributed by atoms with Gasteiger partial charge in [-0.05, 0) is 73.0 Å². The molecule has 0 aliphatic carbocycles. The van der Waals surface area contributed by atoms with E-state index in [-0.39, 0.29) is 12.5 Å². The SMILES string of the molecule is CC(=CC=O)c1cc(C)cc(OCc2coc(-c3ccc(C(F)(F)F)cc3)n2)c1. The molecule has 7 heteroatoms. The van der Waals surface area contributed by atoms with Gasteiger partial charge in [-0.25, -0.2) is 4.98 Å². The molecule has 0 amide bonds. The Labute approximate surface area is 165 Å². The van der Waals surface area contributed by atoms with Gasteiger partial charge in [0.05, 0.1) is 5.56 Å². The van der Waals surface area contributed by atoms with E-state index >= 15 is 0 Å². The van der Waals surface area contributed by atoms with E-state index in [4.69, 9.17) is 9.15 Å². The Bertz CT molecular complexity index is 1030. The van der Waals surface area contributed by atoms with Gasteiger partial charge in [-0.1, -0.05) is 6.07 Å². The van der Waals surface area contributed by atoms with E-state index in [9.17, 15) is 18.0 Å². The zero-order valence-electron chi connectivity index (χ0n) is 15.8. The molecule has 0 atom stereocenters. The van der Waals surface area contributed by atoms with Gasteiger partial charge in [-0.3, -0.25) is 4.79 Å². The molecular weight excluding hydrogens is 383 g/mol. The molecule has 0 aliphatic heterocycles. The average Bonchev–Trinajstić information content (AvgIpc) is 3.15. The monoisotopic (exact) mass is 401 g/mol. The molecule has 0 fully saturated rings. The standard InChI is InChI=1S/C22H18F3NO3/c1-14-9-17(15(2)7-8-27)11-20(10-14)28-12-19-13-29-21(26-19)16-3-5-18(6-4-16)22(23,24)25/h3-11,13H,12H2,1-2H3. The van der Waals surface area contributed by atoms with Crippen molar-refractivity contribution in [2.45, 2.75) is 26.6 Å². The average molecular weight is 401 g/mol. The first kappa shape index (κ1) is 20.4. The Kier molecular flexibility index (Phi) is 5.87. The molecule has 3 rings (SSSR count). The second kappa shape index (κ2) is 8.34. The van der Waals surface area contributed by atoms with Crippen LogP contribution in [0.15, 0.2) is 59.2 Å². The molecule has 1 aromatic heterocycles. The van der Waals surface area contributed by atoms with E-state index in [1.165, 1.54) is 24.5 Å². The third-order valence-electron chi connectivity index (χ3n) is 4.22. The quantitative estimate of drug-likeness (QED) is 0.384. The summed E-state index contributed by atoms with van der Waals surface area (Å²) in [6, 6.07) is 10.2. The number of carbonyl (C=O) groups excluding carboxylic acids is 1. The maximum atomic E-state index is 12.7. The topological polar surface area (TPSA) is 52.3 Å². The fourth-order valence-corrected chi connectivity index (χ4v) is 2.72. The molecule has 0 radical (unpaired) electrons. The molecule has 4 nitrogen and oxygen atoms in total. The number of aldehydes is 1. The summed E-state index contributed by atoms with van der Waals surface area (Å²) in [6.07, 6.45) is -0.774. The zero-order valence-corrected chi connectivity index (χ0v) is 15.8. The van der Waals surface area contributed by atoms with Crippen LogP contribution in [0.5, 0.6) is 5.75 Å². The Balaban J connectivity index is 1.71. The number of aryl methyl sites for hydroxylation is 1. The van der Waals surface area contributed by atoms with Crippen molar-refractivity contribution in [1.29, 1.82) is 0 Å². The Morgan fingerprint density at radius 3 is 2.55 bits per heavy atom. The molecule has 0 saturated heterocycles. The first-order valence-corrected chi connectivity index (χ1v) is 8.75. The second-order valence-electron chi connectivity index (χ2n) is 6.53. The van der Waals surface area contributed by atoms with Gasteiger partial charge in [0.2, 0.25) is 5.89 Å². The number of nitrogens with zero attached hydrogens (tertiary/aromatic N) is 1. The maximum Gasteiger partial charge on any atom is 0.416 e. The van der Waals surface area contributed by atoms with Crippen molar-refractivity contribution in [3.63, 3.8) is 0 Å². The van der Waals surface area contributed by atoms with Crippen LogP contribution < -0.4 is 4.74 Å². The molecule has 29 heavy (non-hydrogen) atoms. The highest BCUT2D eigenvalue weighted by atomic mass is 19.4. The molecule has 0 bridgehead atoms. The van der Waals surface area contributed by atoms with E-state index in [1.54, 1.807) is 0 Å². The van der Waals surface area contributed by atoms with Gasteiger partial charge in [-0.15, -0.1) is 0 Å². The lowest BCUT2D eigenvalue weighted by atomic mass is 10.0. The van der Waals surface area contributed by atoms with Crippen molar-refractivity contribution >= 4 is 11.9 Å². The minimum atomic E-state index is -4.39. The number of oxazole rings is 1. The van der Waals surface area contributed by atoms with E-state index in [1.807, 2.05) is 32.0 Å². The van der Waals surface area contributed by atoms with Gasteiger partial charge < -0.3 is 9.15 Å². The minimum absolute atomic E-state index is 0.128. The fourth-order valence-electron chi connectivity index (χ4n) is 2.72. The van der Waals surface area contributed by atoms with Crippen LogP contribution in [0.1, 0.15) is 29.3 Å². The summed E-state index contributed by atoms with van der Waals surface area (Å²) in [7, 11) is 0. The van der Waals surface area contributed by atoms with Gasteiger partial charge in [-0.2, -0.15) is 13.2 Å². The van der Waals surface area contributed by atoms with Crippen LogP contribution in [-0.4, -0.2) is 11.3 Å². The van der Waals surface area contributed by atoms with E-state index in [0.717, 1.165) is 35.1 Å². The molecule has 2 aromatic carbocycles. The van der Waals surface area contributed by atoms with Gasteiger partial charge in [0.15, 0.2) is 0 Å². The number of aromatic nitrogens is 1. The Hall–Kier alpha value is -3.35. The summed E-state index contributed by atoms with van der Waals surface area (Å²) in [5.74, 6) is 0.824. The van der Waals surface area contributed by atoms with Crippen molar-refractivity contribution in [2.24, 2.45) is 0 Å². The minimum Gasteiger partial charge on any atom is -0.487 e. The summed E-state index contributed by atoms with van der Waals surface area (Å²) in [4.78, 5) is 14.9. The maximum absolute atomic E-state index is 12.7. The lowest BCUT2D eigenvalue weighted by Crippen LogP contribution is -2.04. The molecule has 150 valence electrons. The third-order valence-corrected chi connectivity index (χ3v) is 4.22. The highest BCUT2D eigenvalue weighted by Gasteiger charge is 2.30. The van der Waals surface area contributed by atoms with Crippen molar-refractivity contribution in [2.75, 3.05) is 0 Å². The van der Waals surface area contributed by atoms with Crippen LogP contribution in [0.25, 0.3) is 17.0 Å². The molecule has 0 unspecified atom stereocenters. The number of benzene rings is 2. The summed E-state index contributed by atoms with van der Waals surface area (Å²) >= 11 is 0. The number of hydrogen-bond donors (Lipinski definition) is 0. The molecule has 0 spiro atoms. The van der Waals surface area contributed by atoms with Gasteiger partial charge in [0.1, 0.15) is 30.6 Å².